The lowest BCUT2D eigenvalue weighted by molar-refractivity contribution is 0.0913. The molecule has 94 valence electrons. The number of hydrogen-bond acceptors (Lipinski definition) is 1. The SMILES string of the molecule is CCC(C)(CBr)NC(=O)c1cc(F)cc(Br)c1. The first-order valence-electron chi connectivity index (χ1n) is 5.25. The summed E-state index contributed by atoms with van der Waals surface area (Å²) in [6, 6.07) is 4.15. The number of rotatable bonds is 4. The molecule has 0 fully saturated rings. The molecule has 17 heavy (non-hydrogen) atoms. The minimum Gasteiger partial charge on any atom is -0.346 e. The lowest BCUT2D eigenvalue weighted by Gasteiger charge is -2.27. The Labute approximate surface area is 117 Å². The molecular weight excluding hydrogens is 353 g/mol. The van der Waals surface area contributed by atoms with Gasteiger partial charge in [-0.05, 0) is 31.5 Å². The molecular formula is C12H14Br2FNO. The second kappa shape index (κ2) is 5.96. The number of carbonyl (C=O) groups is 1. The predicted molar refractivity (Wildman–Crippen MR) is 74.1 cm³/mol. The highest BCUT2D eigenvalue weighted by Gasteiger charge is 2.23. The molecule has 0 saturated heterocycles. The number of carbonyl (C=O) groups excluding carboxylic acids is 1. The number of benzene rings is 1. The van der Waals surface area contributed by atoms with Gasteiger partial charge in [0.2, 0.25) is 0 Å². The Hall–Kier alpha value is -0.420. The van der Waals surface area contributed by atoms with E-state index in [2.05, 4.69) is 37.2 Å². The van der Waals surface area contributed by atoms with Crippen LogP contribution in [0.25, 0.3) is 0 Å². The van der Waals surface area contributed by atoms with Crippen LogP contribution in [0.5, 0.6) is 0 Å². The van der Waals surface area contributed by atoms with Crippen LogP contribution in [0.3, 0.4) is 0 Å². The first-order chi connectivity index (χ1) is 7.90. The standard InChI is InChI=1S/C12H14Br2FNO/c1-3-12(2,7-13)16-11(17)8-4-9(14)6-10(15)5-8/h4-6H,3,7H2,1-2H3,(H,16,17). The van der Waals surface area contributed by atoms with Gasteiger partial charge < -0.3 is 5.32 Å². The van der Waals surface area contributed by atoms with Gasteiger partial charge in [0.05, 0.1) is 0 Å². The van der Waals surface area contributed by atoms with Gasteiger partial charge in [0, 0.05) is 20.9 Å². The smallest absolute Gasteiger partial charge is 0.251 e. The predicted octanol–water partition coefficient (Wildman–Crippen LogP) is 3.88. The highest BCUT2D eigenvalue weighted by atomic mass is 79.9. The van der Waals surface area contributed by atoms with E-state index >= 15 is 0 Å². The Kier molecular flexibility index (Phi) is 5.13. The highest BCUT2D eigenvalue weighted by Crippen LogP contribution is 2.17. The third kappa shape index (κ3) is 4.07. The molecule has 1 aromatic rings. The van der Waals surface area contributed by atoms with E-state index in [0.29, 0.717) is 15.4 Å². The zero-order valence-electron chi connectivity index (χ0n) is 9.69. The minimum absolute atomic E-state index is 0.269. The van der Waals surface area contributed by atoms with Crippen molar-refractivity contribution < 1.29 is 9.18 Å². The lowest BCUT2D eigenvalue weighted by Crippen LogP contribution is -2.46. The fraction of sp³-hybridized carbons (Fsp3) is 0.417. The average molecular weight is 367 g/mol. The van der Waals surface area contributed by atoms with Crippen LogP contribution in [-0.2, 0) is 0 Å². The fourth-order valence-electron chi connectivity index (χ4n) is 1.25. The van der Waals surface area contributed by atoms with E-state index in [0.717, 1.165) is 6.42 Å². The maximum absolute atomic E-state index is 13.2. The van der Waals surface area contributed by atoms with Crippen molar-refractivity contribution in [3.05, 3.63) is 34.1 Å². The van der Waals surface area contributed by atoms with Crippen molar-refractivity contribution >= 4 is 37.8 Å². The molecule has 0 aromatic heterocycles. The Morgan fingerprint density at radius 1 is 1.47 bits per heavy atom. The molecule has 1 amide bonds. The molecule has 0 bridgehead atoms. The summed E-state index contributed by atoms with van der Waals surface area (Å²) in [4.78, 5) is 12.0. The van der Waals surface area contributed by atoms with Gasteiger partial charge in [0.25, 0.3) is 5.91 Å². The van der Waals surface area contributed by atoms with Crippen molar-refractivity contribution in [2.75, 3.05) is 5.33 Å². The summed E-state index contributed by atoms with van der Waals surface area (Å²) in [5, 5.41) is 3.54. The van der Waals surface area contributed by atoms with Crippen LogP contribution in [-0.4, -0.2) is 16.8 Å². The Balaban J connectivity index is 2.90. The van der Waals surface area contributed by atoms with E-state index in [1.54, 1.807) is 6.07 Å². The maximum Gasteiger partial charge on any atom is 0.251 e. The van der Waals surface area contributed by atoms with E-state index in [4.69, 9.17) is 0 Å². The molecule has 0 aliphatic carbocycles. The summed E-state index contributed by atoms with van der Waals surface area (Å²) in [6.45, 7) is 3.93. The molecule has 1 unspecified atom stereocenters. The summed E-state index contributed by atoms with van der Waals surface area (Å²) >= 11 is 6.53. The van der Waals surface area contributed by atoms with E-state index in [9.17, 15) is 9.18 Å². The lowest BCUT2D eigenvalue weighted by atomic mass is 10.0. The topological polar surface area (TPSA) is 29.1 Å². The van der Waals surface area contributed by atoms with Gasteiger partial charge in [-0.1, -0.05) is 38.8 Å². The average Bonchev–Trinajstić information content (AvgIpc) is 2.27. The third-order valence-electron chi connectivity index (χ3n) is 2.62. The van der Waals surface area contributed by atoms with Crippen molar-refractivity contribution in [2.45, 2.75) is 25.8 Å². The number of amides is 1. The first kappa shape index (κ1) is 14.6. The molecule has 0 heterocycles. The van der Waals surface area contributed by atoms with Gasteiger partial charge in [-0.15, -0.1) is 0 Å². The molecule has 0 saturated carbocycles. The van der Waals surface area contributed by atoms with E-state index < -0.39 is 5.82 Å². The molecule has 0 radical (unpaired) electrons. The van der Waals surface area contributed by atoms with Crippen LogP contribution in [0.4, 0.5) is 4.39 Å². The molecule has 0 aliphatic rings. The molecule has 1 N–H and O–H groups in total. The van der Waals surface area contributed by atoms with E-state index in [1.165, 1.54) is 12.1 Å². The van der Waals surface area contributed by atoms with Crippen molar-refractivity contribution in [3.63, 3.8) is 0 Å². The second-order valence-electron chi connectivity index (χ2n) is 4.16. The largest absolute Gasteiger partial charge is 0.346 e. The third-order valence-corrected chi connectivity index (χ3v) is 4.31. The molecule has 2 nitrogen and oxygen atoms in total. The molecule has 0 spiro atoms. The summed E-state index contributed by atoms with van der Waals surface area (Å²) in [5.74, 6) is -0.699. The minimum atomic E-state index is -0.429. The van der Waals surface area contributed by atoms with Crippen LogP contribution in [0.1, 0.15) is 30.6 Å². The number of halogens is 3. The fourth-order valence-corrected chi connectivity index (χ4v) is 2.25. The molecule has 1 aromatic carbocycles. The van der Waals surface area contributed by atoms with Crippen molar-refractivity contribution in [3.8, 4) is 0 Å². The molecule has 1 atom stereocenters. The molecule has 5 heteroatoms. The summed E-state index contributed by atoms with van der Waals surface area (Å²) in [5.41, 5.74) is -0.00640. The van der Waals surface area contributed by atoms with Gasteiger partial charge in [0.1, 0.15) is 5.82 Å². The second-order valence-corrected chi connectivity index (χ2v) is 5.64. The Morgan fingerprint density at radius 3 is 2.59 bits per heavy atom. The van der Waals surface area contributed by atoms with Crippen molar-refractivity contribution in [1.29, 1.82) is 0 Å². The van der Waals surface area contributed by atoms with Crippen LogP contribution in [0, 0.1) is 5.82 Å². The quantitative estimate of drug-likeness (QED) is 0.805. The zero-order valence-corrected chi connectivity index (χ0v) is 12.9. The monoisotopic (exact) mass is 365 g/mol. The zero-order chi connectivity index (χ0) is 13.1. The van der Waals surface area contributed by atoms with Crippen LogP contribution in [0.15, 0.2) is 22.7 Å². The van der Waals surface area contributed by atoms with Crippen molar-refractivity contribution in [2.24, 2.45) is 0 Å². The van der Waals surface area contributed by atoms with Gasteiger partial charge in [-0.25, -0.2) is 4.39 Å². The van der Waals surface area contributed by atoms with Crippen LogP contribution in [0.2, 0.25) is 0 Å². The maximum atomic E-state index is 13.2. The number of alkyl halides is 1. The number of nitrogens with one attached hydrogen (secondary N) is 1. The van der Waals surface area contributed by atoms with Crippen molar-refractivity contribution in [1.82, 2.24) is 5.32 Å². The summed E-state index contributed by atoms with van der Waals surface area (Å²) in [6.07, 6.45) is 0.792. The first-order valence-corrected chi connectivity index (χ1v) is 7.16. The van der Waals surface area contributed by atoms with Gasteiger partial charge in [-0.3, -0.25) is 4.79 Å². The van der Waals surface area contributed by atoms with E-state index in [1.807, 2.05) is 13.8 Å². The van der Waals surface area contributed by atoms with E-state index in [-0.39, 0.29) is 11.4 Å². The van der Waals surface area contributed by atoms with Crippen LogP contribution >= 0.6 is 31.9 Å². The van der Waals surface area contributed by atoms with Gasteiger partial charge >= 0.3 is 0 Å². The number of hydrogen-bond donors (Lipinski definition) is 1. The highest BCUT2D eigenvalue weighted by molar-refractivity contribution is 9.10. The normalized spacial score (nSPS) is 14.2. The molecule has 0 aliphatic heterocycles. The Morgan fingerprint density at radius 2 is 2.12 bits per heavy atom. The summed E-state index contributed by atoms with van der Waals surface area (Å²) in [7, 11) is 0. The van der Waals surface area contributed by atoms with Gasteiger partial charge in [0.15, 0.2) is 0 Å². The summed E-state index contributed by atoms with van der Waals surface area (Å²) < 4.78 is 13.7. The molecule has 1 rings (SSSR count). The van der Waals surface area contributed by atoms with Crippen LogP contribution < -0.4 is 5.32 Å². The van der Waals surface area contributed by atoms with Gasteiger partial charge in [-0.2, -0.15) is 0 Å². The Bertz CT molecular complexity index is 399.